The molecule has 0 fully saturated rings. The molecule has 9 heteroatoms. The molecule has 0 saturated heterocycles. The second-order valence-electron chi connectivity index (χ2n) is 10.2. The molecule has 1 aromatic heterocycles. The van der Waals surface area contributed by atoms with E-state index in [2.05, 4.69) is 10.5 Å². The molecule has 40 heavy (non-hydrogen) atoms. The van der Waals surface area contributed by atoms with Crippen LogP contribution in [0.5, 0.6) is 11.5 Å². The molecule has 0 aliphatic carbocycles. The summed E-state index contributed by atoms with van der Waals surface area (Å²) in [6, 6.07) is 22.6. The molecule has 0 atom stereocenters. The highest BCUT2D eigenvalue weighted by molar-refractivity contribution is 6.32. The number of ether oxygens (including phenoxy) is 2. The number of nitrogens with two attached hydrogens (primary N) is 1. The summed E-state index contributed by atoms with van der Waals surface area (Å²) in [6.45, 7) is 5.96. The van der Waals surface area contributed by atoms with Crippen molar-refractivity contribution < 1.29 is 23.6 Å². The first-order valence-electron chi connectivity index (χ1n) is 12.9. The summed E-state index contributed by atoms with van der Waals surface area (Å²) in [5, 5.41) is 7.13. The zero-order valence-electron chi connectivity index (χ0n) is 22.7. The Morgan fingerprint density at radius 1 is 0.925 bits per heavy atom. The van der Waals surface area contributed by atoms with Crippen molar-refractivity contribution in [3.05, 3.63) is 94.6 Å². The SMILES string of the molecule is CC(C)(C)C(=O)Nc1c(C(=O)CCN)noc1-c1cc(Cl)c(OCc2ccccc2)cc1OCc1ccccc1. The molecule has 1 heterocycles. The number of amides is 1. The van der Waals surface area contributed by atoms with Crippen LogP contribution in [-0.2, 0) is 18.0 Å². The average molecular weight is 562 g/mol. The van der Waals surface area contributed by atoms with E-state index in [1.54, 1.807) is 32.9 Å². The zero-order valence-corrected chi connectivity index (χ0v) is 23.5. The second kappa shape index (κ2) is 12.8. The van der Waals surface area contributed by atoms with Crippen LogP contribution in [-0.4, -0.2) is 23.4 Å². The van der Waals surface area contributed by atoms with Gasteiger partial charge in [-0.05, 0) is 23.7 Å². The number of Topliss-reactive ketones (excluding diaryl/α,β-unsaturated/α-hetero) is 1. The van der Waals surface area contributed by atoms with Crippen molar-refractivity contribution in [3.8, 4) is 22.8 Å². The lowest BCUT2D eigenvalue weighted by Gasteiger charge is -2.19. The number of nitrogens with zero attached hydrogens (tertiary/aromatic N) is 1. The molecule has 0 aliphatic heterocycles. The fourth-order valence-electron chi connectivity index (χ4n) is 3.74. The van der Waals surface area contributed by atoms with Gasteiger partial charge >= 0.3 is 0 Å². The van der Waals surface area contributed by atoms with Crippen LogP contribution in [0, 0.1) is 5.41 Å². The molecule has 0 radical (unpaired) electrons. The first-order chi connectivity index (χ1) is 19.2. The van der Waals surface area contributed by atoms with Crippen molar-refractivity contribution in [3.63, 3.8) is 0 Å². The van der Waals surface area contributed by atoms with Crippen LogP contribution in [0.1, 0.15) is 48.8 Å². The quantitative estimate of drug-likeness (QED) is 0.196. The van der Waals surface area contributed by atoms with Gasteiger partial charge in [0.2, 0.25) is 5.91 Å². The molecule has 208 valence electrons. The minimum atomic E-state index is -0.748. The number of nitrogens with one attached hydrogen (secondary N) is 1. The van der Waals surface area contributed by atoms with Gasteiger partial charge in [0.05, 0.1) is 10.6 Å². The van der Waals surface area contributed by atoms with Gasteiger partial charge in [0.25, 0.3) is 0 Å². The molecule has 4 rings (SSSR count). The molecular weight excluding hydrogens is 530 g/mol. The smallest absolute Gasteiger partial charge is 0.229 e. The van der Waals surface area contributed by atoms with Crippen molar-refractivity contribution in [2.45, 2.75) is 40.4 Å². The zero-order chi connectivity index (χ0) is 28.7. The van der Waals surface area contributed by atoms with Gasteiger partial charge in [-0.3, -0.25) is 9.59 Å². The molecule has 0 saturated carbocycles. The van der Waals surface area contributed by atoms with Crippen molar-refractivity contribution in [1.29, 1.82) is 0 Å². The van der Waals surface area contributed by atoms with Crippen LogP contribution < -0.4 is 20.5 Å². The highest BCUT2D eigenvalue weighted by Crippen LogP contribution is 2.43. The van der Waals surface area contributed by atoms with Gasteiger partial charge in [-0.2, -0.15) is 0 Å². The lowest BCUT2D eigenvalue weighted by Crippen LogP contribution is -2.28. The molecule has 8 nitrogen and oxygen atoms in total. The highest BCUT2D eigenvalue weighted by atomic mass is 35.5. The predicted octanol–water partition coefficient (Wildman–Crippen LogP) is 6.67. The molecule has 3 N–H and O–H groups in total. The summed E-state index contributed by atoms with van der Waals surface area (Å²) in [6.07, 6.45) is 0.0365. The van der Waals surface area contributed by atoms with E-state index < -0.39 is 5.41 Å². The number of aromatic nitrogens is 1. The molecule has 0 aliphatic rings. The highest BCUT2D eigenvalue weighted by Gasteiger charge is 2.30. The summed E-state index contributed by atoms with van der Waals surface area (Å²) in [4.78, 5) is 25.8. The van der Waals surface area contributed by atoms with Crippen molar-refractivity contribution in [2.75, 3.05) is 11.9 Å². The van der Waals surface area contributed by atoms with Crippen LogP contribution in [0.4, 0.5) is 5.69 Å². The monoisotopic (exact) mass is 561 g/mol. The Balaban J connectivity index is 1.78. The number of benzene rings is 3. The summed E-state index contributed by atoms with van der Waals surface area (Å²) >= 11 is 6.67. The molecule has 0 unspecified atom stereocenters. The third-order valence-electron chi connectivity index (χ3n) is 6.00. The fourth-order valence-corrected chi connectivity index (χ4v) is 3.96. The molecule has 4 aromatic rings. The maximum atomic E-state index is 13.0. The Hall–Kier alpha value is -4.14. The van der Waals surface area contributed by atoms with Gasteiger partial charge in [-0.1, -0.05) is 98.2 Å². The number of anilines is 1. The van der Waals surface area contributed by atoms with E-state index in [1.165, 1.54) is 0 Å². The van der Waals surface area contributed by atoms with Gasteiger partial charge < -0.3 is 25.0 Å². The van der Waals surface area contributed by atoms with Crippen LogP contribution >= 0.6 is 11.6 Å². The number of hydrogen-bond acceptors (Lipinski definition) is 7. The number of ketones is 1. The normalized spacial score (nSPS) is 11.2. The van der Waals surface area contributed by atoms with Crippen molar-refractivity contribution in [2.24, 2.45) is 11.1 Å². The number of carbonyl (C=O) groups is 2. The summed E-state index contributed by atoms with van der Waals surface area (Å²) in [5.41, 5.74) is 7.29. The maximum absolute atomic E-state index is 13.0. The van der Waals surface area contributed by atoms with Gasteiger partial charge in [0.15, 0.2) is 17.2 Å². The number of rotatable bonds is 11. The fraction of sp³-hybridized carbons (Fsp3) is 0.258. The average Bonchev–Trinajstić information content (AvgIpc) is 3.35. The van der Waals surface area contributed by atoms with Crippen molar-refractivity contribution >= 4 is 29.0 Å². The number of hydrogen-bond donors (Lipinski definition) is 2. The van der Waals surface area contributed by atoms with E-state index in [-0.39, 0.29) is 53.4 Å². The van der Waals surface area contributed by atoms with Crippen molar-refractivity contribution in [1.82, 2.24) is 5.16 Å². The summed E-state index contributed by atoms with van der Waals surface area (Å²) in [5.74, 6) is 0.229. The third-order valence-corrected chi connectivity index (χ3v) is 6.30. The minimum Gasteiger partial charge on any atom is -0.488 e. The van der Waals surface area contributed by atoms with E-state index in [1.807, 2.05) is 60.7 Å². The van der Waals surface area contributed by atoms with Gasteiger partial charge in [0.1, 0.15) is 30.4 Å². The van der Waals surface area contributed by atoms with Gasteiger partial charge in [0, 0.05) is 17.9 Å². The van der Waals surface area contributed by atoms with E-state index >= 15 is 0 Å². The Bertz CT molecular complexity index is 1460. The minimum absolute atomic E-state index is 0.0208. The number of halogens is 1. The third kappa shape index (κ3) is 7.08. The Labute approximate surface area is 238 Å². The molecule has 3 aromatic carbocycles. The molecular formula is C31H32ClN3O5. The van der Waals surface area contributed by atoms with Crippen LogP contribution in [0.25, 0.3) is 11.3 Å². The first-order valence-corrected chi connectivity index (χ1v) is 13.3. The maximum Gasteiger partial charge on any atom is 0.229 e. The molecule has 0 bridgehead atoms. The Kier molecular flexibility index (Phi) is 9.24. The summed E-state index contributed by atoms with van der Waals surface area (Å²) in [7, 11) is 0. The molecule has 0 spiro atoms. The van der Waals surface area contributed by atoms with E-state index in [0.29, 0.717) is 23.7 Å². The Morgan fingerprint density at radius 2 is 1.50 bits per heavy atom. The first kappa shape index (κ1) is 28.9. The van der Waals surface area contributed by atoms with Gasteiger partial charge in [-0.25, -0.2) is 0 Å². The lowest BCUT2D eigenvalue weighted by molar-refractivity contribution is -0.123. The standard InChI is InChI=1S/C31H32ClN3O5/c1-31(2,3)30(37)34-28-27(24(36)14-15-33)35-40-29(28)22-16-23(32)26(39-19-21-12-8-5-9-13-21)17-25(22)38-18-20-10-6-4-7-11-20/h4-13,16-17H,14-15,18-19,33H2,1-3H3,(H,34,37). The van der Waals surface area contributed by atoms with Crippen LogP contribution in [0.3, 0.4) is 0 Å². The van der Waals surface area contributed by atoms with E-state index in [4.69, 9.17) is 31.3 Å². The topological polar surface area (TPSA) is 117 Å². The Morgan fingerprint density at radius 3 is 2.05 bits per heavy atom. The van der Waals surface area contributed by atoms with E-state index in [9.17, 15) is 9.59 Å². The summed E-state index contributed by atoms with van der Waals surface area (Å²) < 4.78 is 17.9. The molecule has 1 amide bonds. The largest absolute Gasteiger partial charge is 0.488 e. The van der Waals surface area contributed by atoms with Crippen LogP contribution in [0.15, 0.2) is 77.3 Å². The van der Waals surface area contributed by atoms with Gasteiger partial charge in [-0.15, -0.1) is 0 Å². The lowest BCUT2D eigenvalue weighted by atomic mass is 9.95. The second-order valence-corrected chi connectivity index (χ2v) is 10.6. The van der Waals surface area contributed by atoms with E-state index in [0.717, 1.165) is 11.1 Å². The number of carbonyl (C=O) groups excluding carboxylic acids is 2. The van der Waals surface area contributed by atoms with Crippen LogP contribution in [0.2, 0.25) is 5.02 Å². The predicted molar refractivity (Wildman–Crippen MR) is 155 cm³/mol.